The van der Waals surface area contributed by atoms with E-state index in [4.69, 9.17) is 18.6 Å². The van der Waals surface area contributed by atoms with Crippen molar-refractivity contribution in [2.45, 2.75) is 26.4 Å². The molecule has 0 bridgehead atoms. The molecule has 1 heterocycles. The number of hydrogen-bond donors (Lipinski definition) is 0. The number of halogens is 1. The van der Waals surface area contributed by atoms with E-state index in [1.165, 1.54) is 6.26 Å². The number of carbonyl (C=O) groups is 1. The summed E-state index contributed by atoms with van der Waals surface area (Å²) in [6, 6.07) is 12.0. The van der Waals surface area contributed by atoms with E-state index in [0.29, 0.717) is 28.9 Å². The largest absolute Gasteiger partial charge is 0.479 e. The molecule has 0 radical (unpaired) electrons. The lowest BCUT2D eigenvalue weighted by molar-refractivity contribution is -0.151. The van der Waals surface area contributed by atoms with E-state index in [2.05, 4.69) is 15.9 Å². The lowest BCUT2D eigenvalue weighted by atomic mass is 10.2. The van der Waals surface area contributed by atoms with Gasteiger partial charge in [-0.2, -0.15) is 0 Å². The van der Waals surface area contributed by atoms with Crippen LogP contribution in [0.15, 0.2) is 62.4 Å². The summed E-state index contributed by atoms with van der Waals surface area (Å²) in [4.78, 5) is 24.6. The SMILES string of the molecule is CCOC(=O)[C@H](CC)Oc1ccc2c(=O)c(Oc3ccccc3Br)coc2c1. The van der Waals surface area contributed by atoms with Crippen LogP contribution < -0.4 is 14.9 Å². The maximum atomic E-state index is 12.7. The molecule has 7 heteroatoms. The second-order valence-corrected chi connectivity index (χ2v) is 6.74. The summed E-state index contributed by atoms with van der Waals surface area (Å²) in [5, 5.41) is 0.348. The Balaban J connectivity index is 1.87. The van der Waals surface area contributed by atoms with Crippen molar-refractivity contribution in [1.82, 2.24) is 0 Å². The van der Waals surface area contributed by atoms with Gasteiger partial charge < -0.3 is 18.6 Å². The first-order chi connectivity index (χ1) is 13.5. The Morgan fingerprint density at radius 3 is 2.64 bits per heavy atom. The first kappa shape index (κ1) is 19.9. The van der Waals surface area contributed by atoms with Gasteiger partial charge in [0.05, 0.1) is 16.5 Å². The number of hydrogen-bond acceptors (Lipinski definition) is 6. The Labute approximate surface area is 170 Å². The van der Waals surface area contributed by atoms with Crippen LogP contribution in [0.3, 0.4) is 0 Å². The normalized spacial score (nSPS) is 11.8. The summed E-state index contributed by atoms with van der Waals surface area (Å²) >= 11 is 3.38. The smallest absolute Gasteiger partial charge is 0.347 e. The molecule has 6 nitrogen and oxygen atoms in total. The minimum absolute atomic E-state index is 0.0750. The number of ether oxygens (including phenoxy) is 3. The van der Waals surface area contributed by atoms with E-state index < -0.39 is 12.1 Å². The molecule has 3 aromatic rings. The third-order valence-electron chi connectivity index (χ3n) is 3.97. The molecule has 146 valence electrons. The zero-order chi connectivity index (χ0) is 20.1. The number of para-hydroxylation sites is 1. The van der Waals surface area contributed by atoms with Gasteiger partial charge in [-0.1, -0.05) is 19.1 Å². The maximum Gasteiger partial charge on any atom is 0.347 e. The molecule has 0 N–H and O–H groups in total. The number of carbonyl (C=O) groups excluding carboxylic acids is 1. The van der Waals surface area contributed by atoms with Crippen LogP contribution in [0.1, 0.15) is 20.3 Å². The van der Waals surface area contributed by atoms with Gasteiger partial charge in [0, 0.05) is 6.07 Å². The van der Waals surface area contributed by atoms with Gasteiger partial charge in [-0.05, 0) is 53.5 Å². The highest BCUT2D eigenvalue weighted by atomic mass is 79.9. The third-order valence-corrected chi connectivity index (χ3v) is 4.62. The van der Waals surface area contributed by atoms with E-state index in [-0.39, 0.29) is 17.8 Å². The van der Waals surface area contributed by atoms with Crippen LogP contribution in [0.5, 0.6) is 17.2 Å². The Kier molecular flexibility index (Phi) is 6.36. The van der Waals surface area contributed by atoms with Crippen LogP contribution in [-0.4, -0.2) is 18.7 Å². The van der Waals surface area contributed by atoms with Gasteiger partial charge >= 0.3 is 5.97 Å². The zero-order valence-electron chi connectivity index (χ0n) is 15.4. The van der Waals surface area contributed by atoms with E-state index in [1.807, 2.05) is 19.1 Å². The molecule has 0 amide bonds. The Morgan fingerprint density at radius 1 is 1.14 bits per heavy atom. The van der Waals surface area contributed by atoms with Crippen LogP contribution in [0, 0.1) is 0 Å². The predicted molar refractivity (Wildman–Crippen MR) is 108 cm³/mol. The second-order valence-electron chi connectivity index (χ2n) is 5.89. The number of fused-ring (bicyclic) bond motifs is 1. The zero-order valence-corrected chi connectivity index (χ0v) is 17.0. The van der Waals surface area contributed by atoms with Gasteiger partial charge in [0.15, 0.2) is 6.10 Å². The fourth-order valence-electron chi connectivity index (χ4n) is 2.58. The van der Waals surface area contributed by atoms with Crippen LogP contribution >= 0.6 is 15.9 Å². The average Bonchev–Trinajstić information content (AvgIpc) is 2.70. The quantitative estimate of drug-likeness (QED) is 0.471. The van der Waals surface area contributed by atoms with E-state index in [0.717, 1.165) is 4.47 Å². The predicted octanol–water partition coefficient (Wildman–Crippen LogP) is 5.07. The molecule has 2 aromatic carbocycles. The summed E-state index contributed by atoms with van der Waals surface area (Å²) in [5.41, 5.74) is 0.0293. The summed E-state index contributed by atoms with van der Waals surface area (Å²) in [6.45, 7) is 3.85. The van der Waals surface area contributed by atoms with Crippen molar-refractivity contribution >= 4 is 32.9 Å². The molecule has 0 saturated carbocycles. The lowest BCUT2D eigenvalue weighted by Gasteiger charge is -2.16. The van der Waals surface area contributed by atoms with Crippen molar-refractivity contribution in [3.05, 3.63) is 63.4 Å². The van der Waals surface area contributed by atoms with E-state index >= 15 is 0 Å². The average molecular weight is 447 g/mol. The molecule has 1 atom stereocenters. The van der Waals surface area contributed by atoms with Crippen LogP contribution in [0.2, 0.25) is 0 Å². The summed E-state index contributed by atoms with van der Waals surface area (Å²) in [7, 11) is 0. The molecule has 0 aliphatic rings. The third kappa shape index (κ3) is 4.36. The molecule has 28 heavy (non-hydrogen) atoms. The Bertz CT molecular complexity index is 1040. The highest BCUT2D eigenvalue weighted by molar-refractivity contribution is 9.10. The van der Waals surface area contributed by atoms with Crippen molar-refractivity contribution in [2.24, 2.45) is 0 Å². The minimum atomic E-state index is -0.720. The molecule has 0 unspecified atom stereocenters. The summed E-state index contributed by atoms with van der Waals surface area (Å²) < 4.78 is 22.7. The fraction of sp³-hybridized carbons (Fsp3) is 0.238. The minimum Gasteiger partial charge on any atom is -0.479 e. The number of rotatable bonds is 7. The maximum absolute atomic E-state index is 12.7. The lowest BCUT2D eigenvalue weighted by Crippen LogP contribution is -2.28. The molecular formula is C21H19BrO6. The molecule has 0 aliphatic heterocycles. The fourth-order valence-corrected chi connectivity index (χ4v) is 2.94. The molecule has 0 fully saturated rings. The highest BCUT2D eigenvalue weighted by Crippen LogP contribution is 2.29. The molecule has 0 saturated heterocycles. The molecule has 1 aromatic heterocycles. The Morgan fingerprint density at radius 2 is 1.93 bits per heavy atom. The topological polar surface area (TPSA) is 75.0 Å². The highest BCUT2D eigenvalue weighted by Gasteiger charge is 2.20. The molecule has 3 rings (SSSR count). The van der Waals surface area contributed by atoms with Gasteiger partial charge in [-0.25, -0.2) is 4.79 Å². The second kappa shape index (κ2) is 8.93. The van der Waals surface area contributed by atoms with Crippen LogP contribution in [-0.2, 0) is 9.53 Å². The molecule has 0 spiro atoms. The van der Waals surface area contributed by atoms with Gasteiger partial charge in [0.2, 0.25) is 11.2 Å². The first-order valence-electron chi connectivity index (χ1n) is 8.84. The van der Waals surface area contributed by atoms with Crippen molar-refractivity contribution < 1.29 is 23.4 Å². The van der Waals surface area contributed by atoms with Gasteiger partial charge in [0.1, 0.15) is 23.3 Å². The van der Waals surface area contributed by atoms with Crippen LogP contribution in [0.4, 0.5) is 0 Å². The van der Waals surface area contributed by atoms with Crippen LogP contribution in [0.25, 0.3) is 11.0 Å². The molecular weight excluding hydrogens is 428 g/mol. The van der Waals surface area contributed by atoms with Crippen molar-refractivity contribution in [3.63, 3.8) is 0 Å². The van der Waals surface area contributed by atoms with Crippen molar-refractivity contribution in [2.75, 3.05) is 6.61 Å². The number of benzene rings is 2. The standard InChI is InChI=1S/C21H19BrO6/c1-3-16(21(24)25-4-2)27-13-9-10-14-18(11-13)26-12-19(20(14)23)28-17-8-6-5-7-15(17)22/h5-12,16H,3-4H2,1-2H3/t16-/m0/s1. The van der Waals surface area contributed by atoms with Gasteiger partial charge in [0.25, 0.3) is 0 Å². The van der Waals surface area contributed by atoms with E-state index in [9.17, 15) is 9.59 Å². The van der Waals surface area contributed by atoms with Gasteiger partial charge in [-0.15, -0.1) is 0 Å². The van der Waals surface area contributed by atoms with Crippen molar-refractivity contribution in [3.8, 4) is 17.2 Å². The number of esters is 1. The first-order valence-corrected chi connectivity index (χ1v) is 9.64. The summed E-state index contributed by atoms with van der Waals surface area (Å²) in [6.07, 6.45) is 0.998. The van der Waals surface area contributed by atoms with Crippen molar-refractivity contribution in [1.29, 1.82) is 0 Å². The van der Waals surface area contributed by atoms with E-state index in [1.54, 1.807) is 37.3 Å². The monoisotopic (exact) mass is 446 g/mol. The summed E-state index contributed by atoms with van der Waals surface area (Å²) in [5.74, 6) is 0.569. The molecule has 0 aliphatic carbocycles. The van der Waals surface area contributed by atoms with Gasteiger partial charge in [-0.3, -0.25) is 4.79 Å². The Hall–Kier alpha value is -2.80.